The first-order chi connectivity index (χ1) is 16.9. The van der Waals surface area contributed by atoms with E-state index < -0.39 is 5.97 Å². The van der Waals surface area contributed by atoms with Crippen LogP contribution in [0.25, 0.3) is 0 Å². The molecule has 0 aromatic heterocycles. The molecule has 0 saturated heterocycles. The molecule has 3 aromatic rings. The van der Waals surface area contributed by atoms with Crippen LogP contribution in [0.5, 0.6) is 17.2 Å². The van der Waals surface area contributed by atoms with Crippen molar-refractivity contribution in [2.24, 2.45) is 5.10 Å². The molecular weight excluding hydrogens is 444 g/mol. The molecule has 0 heterocycles. The van der Waals surface area contributed by atoms with Gasteiger partial charge in [-0.25, -0.2) is 10.2 Å². The third-order valence-corrected chi connectivity index (χ3v) is 5.13. The normalized spacial score (nSPS) is 10.9. The van der Waals surface area contributed by atoms with Crippen LogP contribution in [0.4, 0.5) is 0 Å². The van der Waals surface area contributed by atoms with E-state index in [0.717, 1.165) is 16.7 Å². The van der Waals surface area contributed by atoms with E-state index in [9.17, 15) is 9.59 Å². The number of nitrogens with zero attached hydrogens (tertiary/aromatic N) is 1. The first-order valence-electron chi connectivity index (χ1n) is 11.5. The predicted molar refractivity (Wildman–Crippen MR) is 136 cm³/mol. The van der Waals surface area contributed by atoms with E-state index in [0.29, 0.717) is 35.3 Å². The van der Waals surface area contributed by atoms with Crippen molar-refractivity contribution in [3.63, 3.8) is 0 Å². The molecule has 1 amide bonds. The van der Waals surface area contributed by atoms with Gasteiger partial charge < -0.3 is 14.2 Å². The smallest absolute Gasteiger partial charge is 0.343 e. The van der Waals surface area contributed by atoms with Crippen molar-refractivity contribution in [3.8, 4) is 17.2 Å². The van der Waals surface area contributed by atoms with E-state index in [1.165, 1.54) is 6.21 Å². The lowest BCUT2D eigenvalue weighted by Crippen LogP contribution is -2.24. The first kappa shape index (κ1) is 25.5. The van der Waals surface area contributed by atoms with Crippen molar-refractivity contribution in [2.45, 2.75) is 33.6 Å². The number of esters is 1. The van der Waals surface area contributed by atoms with Gasteiger partial charge in [0.2, 0.25) is 0 Å². The summed E-state index contributed by atoms with van der Waals surface area (Å²) in [4.78, 5) is 24.4. The number of amides is 1. The van der Waals surface area contributed by atoms with Gasteiger partial charge in [0.15, 0.2) is 6.61 Å². The minimum absolute atomic E-state index is 0.139. The average Bonchev–Trinajstić information content (AvgIpc) is 2.85. The summed E-state index contributed by atoms with van der Waals surface area (Å²) in [5, 5.41) is 3.96. The summed E-state index contributed by atoms with van der Waals surface area (Å²) >= 11 is 0. The van der Waals surface area contributed by atoms with Crippen molar-refractivity contribution in [1.82, 2.24) is 5.43 Å². The van der Waals surface area contributed by atoms with Crippen molar-refractivity contribution >= 4 is 18.1 Å². The first-order valence-corrected chi connectivity index (χ1v) is 11.5. The maximum Gasteiger partial charge on any atom is 0.343 e. The van der Waals surface area contributed by atoms with Crippen LogP contribution in [0.15, 0.2) is 71.8 Å². The number of hydrogen-bond donors (Lipinski definition) is 1. The number of nitrogens with one attached hydrogen (secondary N) is 1. The van der Waals surface area contributed by atoms with Crippen LogP contribution in [0.3, 0.4) is 0 Å². The molecular formula is C28H30N2O5. The number of hydrazone groups is 1. The SMILES string of the molecule is CCOc1ccc(C(=O)Oc2ccc(C=NNC(=O)COc3cc(C(C)C)ccc3C)cc2)cc1. The molecule has 7 heteroatoms. The maximum absolute atomic E-state index is 12.3. The molecule has 182 valence electrons. The molecule has 3 rings (SSSR count). The fourth-order valence-corrected chi connectivity index (χ4v) is 3.13. The second-order valence-corrected chi connectivity index (χ2v) is 8.18. The van der Waals surface area contributed by atoms with Gasteiger partial charge in [-0.05, 0) is 91.1 Å². The molecule has 1 N–H and O–H groups in total. The Morgan fingerprint density at radius 3 is 2.29 bits per heavy atom. The van der Waals surface area contributed by atoms with E-state index in [1.54, 1.807) is 48.5 Å². The van der Waals surface area contributed by atoms with Crippen molar-refractivity contribution in [2.75, 3.05) is 13.2 Å². The molecule has 35 heavy (non-hydrogen) atoms. The number of hydrogen-bond acceptors (Lipinski definition) is 6. The third kappa shape index (κ3) is 7.71. The van der Waals surface area contributed by atoms with Gasteiger partial charge in [-0.2, -0.15) is 5.10 Å². The molecule has 0 radical (unpaired) electrons. The standard InChI is InChI=1S/C28H30N2O5/c1-5-33-24-14-10-22(11-15-24)28(32)35-25-12-7-21(8-13-25)17-29-30-27(31)18-34-26-16-23(19(2)3)9-6-20(26)4/h6-17,19H,5,18H2,1-4H3,(H,30,31). The summed E-state index contributed by atoms with van der Waals surface area (Å²) in [6.45, 7) is 8.47. The summed E-state index contributed by atoms with van der Waals surface area (Å²) in [6, 6.07) is 19.5. The molecule has 0 aliphatic rings. The van der Waals surface area contributed by atoms with Crippen molar-refractivity contribution in [1.29, 1.82) is 0 Å². The highest BCUT2D eigenvalue weighted by Gasteiger charge is 2.09. The van der Waals surface area contributed by atoms with E-state index in [-0.39, 0.29) is 12.5 Å². The van der Waals surface area contributed by atoms with Crippen molar-refractivity contribution in [3.05, 3.63) is 89.0 Å². The van der Waals surface area contributed by atoms with E-state index >= 15 is 0 Å². The van der Waals surface area contributed by atoms with Gasteiger partial charge in [-0.15, -0.1) is 0 Å². The van der Waals surface area contributed by atoms with Crippen LogP contribution in [-0.2, 0) is 4.79 Å². The second-order valence-electron chi connectivity index (χ2n) is 8.18. The summed E-state index contributed by atoms with van der Waals surface area (Å²) in [5.74, 6) is 1.33. The zero-order valence-electron chi connectivity index (χ0n) is 20.4. The van der Waals surface area contributed by atoms with Gasteiger partial charge in [-0.3, -0.25) is 4.79 Å². The molecule has 3 aromatic carbocycles. The Hall–Kier alpha value is -4.13. The number of carbonyl (C=O) groups is 2. The van der Waals surface area contributed by atoms with Gasteiger partial charge in [0.05, 0.1) is 18.4 Å². The van der Waals surface area contributed by atoms with Gasteiger partial charge in [0.1, 0.15) is 17.2 Å². The maximum atomic E-state index is 12.3. The van der Waals surface area contributed by atoms with E-state index in [1.807, 2.05) is 26.0 Å². The summed E-state index contributed by atoms with van der Waals surface area (Å²) < 4.78 is 16.4. The average molecular weight is 475 g/mol. The quantitative estimate of drug-likeness (QED) is 0.187. The lowest BCUT2D eigenvalue weighted by atomic mass is 10.0. The van der Waals surface area contributed by atoms with Crippen molar-refractivity contribution < 1.29 is 23.8 Å². The van der Waals surface area contributed by atoms with Gasteiger partial charge in [0, 0.05) is 0 Å². The van der Waals surface area contributed by atoms with Gasteiger partial charge in [0.25, 0.3) is 5.91 Å². The van der Waals surface area contributed by atoms with Gasteiger partial charge in [-0.1, -0.05) is 26.0 Å². The monoisotopic (exact) mass is 474 g/mol. The predicted octanol–water partition coefficient (Wildman–Crippen LogP) is 5.27. The Morgan fingerprint density at radius 1 is 0.943 bits per heavy atom. The number of aryl methyl sites for hydroxylation is 1. The zero-order valence-corrected chi connectivity index (χ0v) is 20.4. The molecule has 0 spiro atoms. The highest BCUT2D eigenvalue weighted by molar-refractivity contribution is 5.91. The van der Waals surface area contributed by atoms with Crippen LogP contribution in [0.2, 0.25) is 0 Å². The van der Waals surface area contributed by atoms with Gasteiger partial charge >= 0.3 is 5.97 Å². The molecule has 0 atom stereocenters. The van der Waals surface area contributed by atoms with Crippen LogP contribution in [0.1, 0.15) is 53.7 Å². The Balaban J connectivity index is 1.47. The van der Waals surface area contributed by atoms with E-state index in [4.69, 9.17) is 14.2 Å². The lowest BCUT2D eigenvalue weighted by molar-refractivity contribution is -0.123. The lowest BCUT2D eigenvalue weighted by Gasteiger charge is -2.12. The Bertz CT molecular complexity index is 1170. The molecule has 7 nitrogen and oxygen atoms in total. The number of benzene rings is 3. The van der Waals surface area contributed by atoms with Crippen LogP contribution >= 0.6 is 0 Å². The summed E-state index contributed by atoms with van der Waals surface area (Å²) in [6.07, 6.45) is 1.50. The molecule has 0 fully saturated rings. The number of rotatable bonds is 10. The second kappa shape index (κ2) is 12.4. The minimum atomic E-state index is -0.462. The molecule has 0 saturated carbocycles. The zero-order chi connectivity index (χ0) is 25.2. The van der Waals surface area contributed by atoms with Crippen LogP contribution in [-0.4, -0.2) is 31.3 Å². The fourth-order valence-electron chi connectivity index (χ4n) is 3.13. The fraction of sp³-hybridized carbons (Fsp3) is 0.250. The molecule has 0 unspecified atom stereocenters. The summed E-state index contributed by atoms with van der Waals surface area (Å²) in [5.41, 5.74) is 5.72. The minimum Gasteiger partial charge on any atom is -0.494 e. The number of carbonyl (C=O) groups excluding carboxylic acids is 2. The Labute approximate surface area is 205 Å². The molecule has 0 bridgehead atoms. The largest absolute Gasteiger partial charge is 0.494 e. The van der Waals surface area contributed by atoms with Crippen LogP contribution < -0.4 is 19.6 Å². The Morgan fingerprint density at radius 2 is 1.63 bits per heavy atom. The molecule has 0 aliphatic heterocycles. The topological polar surface area (TPSA) is 86.2 Å². The highest BCUT2D eigenvalue weighted by Crippen LogP contribution is 2.24. The third-order valence-electron chi connectivity index (χ3n) is 5.13. The Kier molecular flexibility index (Phi) is 9.01. The number of ether oxygens (including phenoxy) is 3. The van der Waals surface area contributed by atoms with E-state index in [2.05, 4.69) is 30.4 Å². The van der Waals surface area contributed by atoms with Crippen LogP contribution in [0, 0.1) is 6.92 Å². The highest BCUT2D eigenvalue weighted by atomic mass is 16.5. The summed E-state index contributed by atoms with van der Waals surface area (Å²) in [7, 11) is 0. The molecule has 0 aliphatic carbocycles.